The van der Waals surface area contributed by atoms with Crippen LogP contribution < -0.4 is 5.32 Å². The fraction of sp³-hybridized carbons (Fsp3) is 0.381. The molecule has 4 heterocycles. The van der Waals surface area contributed by atoms with Crippen LogP contribution in [0.1, 0.15) is 22.7 Å². The van der Waals surface area contributed by atoms with Crippen LogP contribution in [0.2, 0.25) is 0 Å². The summed E-state index contributed by atoms with van der Waals surface area (Å²) in [7, 11) is 1.92. The highest BCUT2D eigenvalue weighted by atomic mass is 16.2. The van der Waals surface area contributed by atoms with E-state index >= 15 is 0 Å². The maximum absolute atomic E-state index is 13.3. The maximum atomic E-state index is 13.3. The molecule has 0 radical (unpaired) electrons. The minimum absolute atomic E-state index is 0.0325. The van der Waals surface area contributed by atoms with Crippen LogP contribution in [0, 0.1) is 5.92 Å². The van der Waals surface area contributed by atoms with Crippen LogP contribution in [0.15, 0.2) is 48.9 Å². The number of aromatic nitrogens is 4. The van der Waals surface area contributed by atoms with E-state index in [1.807, 2.05) is 53.4 Å². The summed E-state index contributed by atoms with van der Waals surface area (Å²) < 4.78 is 3.81. The first-order valence-electron chi connectivity index (χ1n) is 9.80. The molecule has 1 aromatic carbocycles. The van der Waals surface area contributed by atoms with E-state index in [0.29, 0.717) is 6.54 Å². The van der Waals surface area contributed by atoms with Crippen LogP contribution >= 0.6 is 0 Å². The SMILES string of the molecule is Cn1cc([C@@H]2CNC[C@H]2C(=O)N2CCc3c(cnn3-c3ccccc3)C2)cn1. The Bertz CT molecular complexity index is 992. The van der Waals surface area contributed by atoms with Crippen LogP contribution in [-0.2, 0) is 24.8 Å². The molecule has 5 rings (SSSR count). The van der Waals surface area contributed by atoms with Gasteiger partial charge in [-0.2, -0.15) is 10.2 Å². The number of benzene rings is 1. The van der Waals surface area contributed by atoms with Crippen LogP contribution in [-0.4, -0.2) is 50.0 Å². The van der Waals surface area contributed by atoms with Gasteiger partial charge in [-0.05, 0) is 17.7 Å². The number of carbonyl (C=O) groups is 1. The Hall–Kier alpha value is -2.93. The quantitative estimate of drug-likeness (QED) is 0.752. The molecule has 7 heteroatoms. The number of rotatable bonds is 3. The third-order valence-corrected chi connectivity index (χ3v) is 5.93. The molecule has 2 aromatic heterocycles. The molecule has 2 aliphatic heterocycles. The zero-order valence-corrected chi connectivity index (χ0v) is 16.0. The Labute approximate surface area is 164 Å². The van der Waals surface area contributed by atoms with Crippen molar-refractivity contribution in [2.24, 2.45) is 13.0 Å². The first-order chi connectivity index (χ1) is 13.7. The summed E-state index contributed by atoms with van der Waals surface area (Å²) >= 11 is 0. The molecule has 0 spiro atoms. The molecule has 0 aliphatic carbocycles. The van der Waals surface area contributed by atoms with E-state index in [9.17, 15) is 4.79 Å². The minimum Gasteiger partial charge on any atom is -0.338 e. The van der Waals surface area contributed by atoms with Crippen LogP contribution in [0.4, 0.5) is 0 Å². The number of para-hydroxylation sites is 1. The van der Waals surface area contributed by atoms with Crippen molar-refractivity contribution in [3.05, 3.63) is 65.7 Å². The Morgan fingerprint density at radius 2 is 2.00 bits per heavy atom. The van der Waals surface area contributed by atoms with Crippen molar-refractivity contribution in [3.8, 4) is 5.69 Å². The number of nitrogens with one attached hydrogen (secondary N) is 1. The van der Waals surface area contributed by atoms with Crippen molar-refractivity contribution in [1.29, 1.82) is 0 Å². The van der Waals surface area contributed by atoms with E-state index in [0.717, 1.165) is 42.9 Å². The Kier molecular flexibility index (Phi) is 4.24. The van der Waals surface area contributed by atoms with E-state index in [-0.39, 0.29) is 17.7 Å². The molecule has 0 saturated carbocycles. The molecule has 144 valence electrons. The molecule has 3 aromatic rings. The fourth-order valence-corrected chi connectivity index (χ4v) is 4.47. The number of nitrogens with zero attached hydrogens (tertiary/aromatic N) is 5. The van der Waals surface area contributed by atoms with Crippen LogP contribution in [0.3, 0.4) is 0 Å². The lowest BCUT2D eigenvalue weighted by atomic mass is 9.89. The standard InChI is InChI=1S/C21H24N6O/c1-25-13-15(9-23-25)18-11-22-12-19(18)21(28)26-8-7-20-16(14-26)10-24-27(20)17-5-3-2-4-6-17/h2-6,9-10,13,18-19,22H,7-8,11-12,14H2,1H3/t18-,19+/m0/s1. The lowest BCUT2D eigenvalue weighted by Crippen LogP contribution is -2.41. The molecule has 0 unspecified atom stereocenters. The number of aryl methyl sites for hydroxylation is 1. The summed E-state index contributed by atoms with van der Waals surface area (Å²) in [4.78, 5) is 15.3. The van der Waals surface area contributed by atoms with Crippen LogP contribution in [0.5, 0.6) is 0 Å². The molecule has 7 nitrogen and oxygen atoms in total. The van der Waals surface area contributed by atoms with Gasteiger partial charge in [0.15, 0.2) is 0 Å². The second-order valence-corrected chi connectivity index (χ2v) is 7.69. The third-order valence-electron chi connectivity index (χ3n) is 5.93. The second-order valence-electron chi connectivity index (χ2n) is 7.69. The van der Waals surface area contributed by atoms with E-state index in [1.54, 1.807) is 4.68 Å². The van der Waals surface area contributed by atoms with Gasteiger partial charge in [0.05, 0.1) is 29.7 Å². The first-order valence-corrected chi connectivity index (χ1v) is 9.80. The van der Waals surface area contributed by atoms with Gasteiger partial charge in [0, 0.05) is 57.3 Å². The summed E-state index contributed by atoms with van der Waals surface area (Å²) in [5.41, 5.74) is 4.57. The second kappa shape index (κ2) is 6.91. The van der Waals surface area contributed by atoms with Crippen molar-refractivity contribution in [1.82, 2.24) is 29.8 Å². The molecule has 28 heavy (non-hydrogen) atoms. The number of hydrogen-bond donors (Lipinski definition) is 1. The molecular weight excluding hydrogens is 352 g/mol. The van der Waals surface area contributed by atoms with Gasteiger partial charge in [-0.15, -0.1) is 0 Å². The molecule has 1 saturated heterocycles. The number of fused-ring (bicyclic) bond motifs is 1. The molecule has 1 amide bonds. The van der Waals surface area contributed by atoms with Crippen molar-refractivity contribution in [2.45, 2.75) is 18.9 Å². The van der Waals surface area contributed by atoms with Gasteiger partial charge >= 0.3 is 0 Å². The average molecular weight is 376 g/mol. The van der Waals surface area contributed by atoms with Crippen molar-refractivity contribution in [3.63, 3.8) is 0 Å². The van der Waals surface area contributed by atoms with E-state index < -0.39 is 0 Å². The molecule has 2 aliphatic rings. The summed E-state index contributed by atoms with van der Waals surface area (Å²) in [6, 6.07) is 10.2. The molecule has 1 N–H and O–H groups in total. The fourth-order valence-electron chi connectivity index (χ4n) is 4.47. The van der Waals surface area contributed by atoms with Gasteiger partial charge in [-0.1, -0.05) is 18.2 Å². The highest BCUT2D eigenvalue weighted by molar-refractivity contribution is 5.81. The molecule has 0 bridgehead atoms. The van der Waals surface area contributed by atoms with Gasteiger partial charge in [0.25, 0.3) is 0 Å². The Morgan fingerprint density at radius 1 is 1.14 bits per heavy atom. The topological polar surface area (TPSA) is 68.0 Å². The predicted octanol–water partition coefficient (Wildman–Crippen LogP) is 1.49. The molecular formula is C21H24N6O. The van der Waals surface area contributed by atoms with Gasteiger partial charge in [0.2, 0.25) is 5.91 Å². The number of hydrogen-bond acceptors (Lipinski definition) is 4. The smallest absolute Gasteiger partial charge is 0.227 e. The highest BCUT2D eigenvalue weighted by Gasteiger charge is 2.38. The van der Waals surface area contributed by atoms with Gasteiger partial charge < -0.3 is 10.2 Å². The van der Waals surface area contributed by atoms with Crippen molar-refractivity contribution < 1.29 is 4.79 Å². The normalized spacial score (nSPS) is 21.7. The van der Waals surface area contributed by atoms with Crippen molar-refractivity contribution in [2.75, 3.05) is 19.6 Å². The van der Waals surface area contributed by atoms with Crippen LogP contribution in [0.25, 0.3) is 5.69 Å². The number of carbonyl (C=O) groups excluding carboxylic acids is 1. The summed E-state index contributed by atoms with van der Waals surface area (Å²) in [5.74, 6) is 0.390. The van der Waals surface area contributed by atoms with E-state index in [2.05, 4.69) is 27.6 Å². The van der Waals surface area contributed by atoms with Crippen molar-refractivity contribution >= 4 is 5.91 Å². The number of amides is 1. The van der Waals surface area contributed by atoms with E-state index in [1.165, 1.54) is 5.69 Å². The predicted molar refractivity (Wildman–Crippen MR) is 105 cm³/mol. The minimum atomic E-state index is -0.0325. The van der Waals surface area contributed by atoms with Gasteiger partial charge in [-0.3, -0.25) is 9.48 Å². The van der Waals surface area contributed by atoms with Gasteiger partial charge in [-0.25, -0.2) is 4.68 Å². The van der Waals surface area contributed by atoms with Gasteiger partial charge in [0.1, 0.15) is 0 Å². The summed E-state index contributed by atoms with van der Waals surface area (Å²) in [6.07, 6.45) is 6.65. The zero-order chi connectivity index (χ0) is 19.1. The lowest BCUT2D eigenvalue weighted by Gasteiger charge is -2.31. The zero-order valence-electron chi connectivity index (χ0n) is 16.0. The Balaban J connectivity index is 1.35. The monoisotopic (exact) mass is 376 g/mol. The highest BCUT2D eigenvalue weighted by Crippen LogP contribution is 2.31. The lowest BCUT2D eigenvalue weighted by molar-refractivity contribution is -0.136. The first kappa shape index (κ1) is 17.2. The third kappa shape index (κ3) is 2.92. The maximum Gasteiger partial charge on any atom is 0.227 e. The summed E-state index contributed by atoms with van der Waals surface area (Å²) in [5, 5.41) is 12.3. The summed E-state index contributed by atoms with van der Waals surface area (Å²) in [6.45, 7) is 2.93. The largest absolute Gasteiger partial charge is 0.338 e. The molecule has 2 atom stereocenters. The average Bonchev–Trinajstić information content (AvgIpc) is 3.46. The van der Waals surface area contributed by atoms with E-state index in [4.69, 9.17) is 0 Å². The Morgan fingerprint density at radius 3 is 2.79 bits per heavy atom. The molecule has 1 fully saturated rings.